The first-order valence-electron chi connectivity index (χ1n) is 8.38. The molecule has 3 aromatic rings. The number of hydrogen-bond donors (Lipinski definition) is 1. The van der Waals surface area contributed by atoms with Gasteiger partial charge < -0.3 is 23.8 Å². The van der Waals surface area contributed by atoms with Crippen LogP contribution in [-0.2, 0) is 18.4 Å². The second kappa shape index (κ2) is 7.36. The molecular formula is C18H18N4O4S. The molecule has 0 bridgehead atoms. The molecule has 0 spiro atoms. The third kappa shape index (κ3) is 3.63. The number of nitrogens with zero attached hydrogens (tertiary/aromatic N) is 3. The Balaban J connectivity index is 1.36. The molecule has 0 saturated carbocycles. The lowest BCUT2D eigenvalue weighted by atomic mass is 10.2. The van der Waals surface area contributed by atoms with E-state index < -0.39 is 0 Å². The SMILES string of the molecule is C[C@H](Sc1nnc(-c2ccco2)n1C)C(=O)NCc1ccc2c(c1)OCO2. The predicted octanol–water partition coefficient (Wildman–Crippen LogP) is 2.60. The normalized spacial score (nSPS) is 13.6. The summed E-state index contributed by atoms with van der Waals surface area (Å²) in [5, 5.41) is 11.5. The van der Waals surface area contributed by atoms with Gasteiger partial charge in [-0.3, -0.25) is 4.79 Å². The lowest BCUT2D eigenvalue weighted by Crippen LogP contribution is -2.30. The van der Waals surface area contributed by atoms with E-state index in [1.165, 1.54) is 11.8 Å². The number of benzene rings is 1. The van der Waals surface area contributed by atoms with E-state index in [0.717, 1.165) is 11.3 Å². The highest BCUT2D eigenvalue weighted by Crippen LogP contribution is 2.32. The van der Waals surface area contributed by atoms with Crippen molar-refractivity contribution in [3.8, 4) is 23.1 Å². The predicted molar refractivity (Wildman–Crippen MR) is 98.4 cm³/mol. The van der Waals surface area contributed by atoms with E-state index in [4.69, 9.17) is 13.9 Å². The molecule has 1 aliphatic rings. The minimum atomic E-state index is -0.327. The van der Waals surface area contributed by atoms with E-state index in [-0.39, 0.29) is 18.0 Å². The summed E-state index contributed by atoms with van der Waals surface area (Å²) in [6.45, 7) is 2.48. The van der Waals surface area contributed by atoms with Crippen molar-refractivity contribution in [2.75, 3.05) is 6.79 Å². The van der Waals surface area contributed by atoms with Gasteiger partial charge in [0.25, 0.3) is 0 Å². The van der Waals surface area contributed by atoms with Crippen LogP contribution in [0.5, 0.6) is 11.5 Å². The quantitative estimate of drug-likeness (QED) is 0.651. The van der Waals surface area contributed by atoms with Crippen molar-refractivity contribution in [2.24, 2.45) is 7.05 Å². The van der Waals surface area contributed by atoms with Gasteiger partial charge in [-0.05, 0) is 36.8 Å². The molecule has 8 nitrogen and oxygen atoms in total. The van der Waals surface area contributed by atoms with Crippen LogP contribution in [0, 0.1) is 0 Å². The zero-order valence-corrected chi connectivity index (χ0v) is 15.7. The van der Waals surface area contributed by atoms with Gasteiger partial charge in [0, 0.05) is 13.6 Å². The molecule has 4 rings (SSSR count). The molecule has 9 heteroatoms. The van der Waals surface area contributed by atoms with Crippen LogP contribution in [0.1, 0.15) is 12.5 Å². The van der Waals surface area contributed by atoms with Gasteiger partial charge in [0.05, 0.1) is 11.5 Å². The van der Waals surface area contributed by atoms with Crippen molar-refractivity contribution in [1.82, 2.24) is 20.1 Å². The Hall–Kier alpha value is -2.94. The van der Waals surface area contributed by atoms with Crippen LogP contribution in [0.15, 0.2) is 46.2 Å². The molecular weight excluding hydrogens is 368 g/mol. The highest BCUT2D eigenvalue weighted by molar-refractivity contribution is 8.00. The van der Waals surface area contributed by atoms with Crippen LogP contribution in [0.25, 0.3) is 11.6 Å². The Labute approximate surface area is 159 Å². The average molecular weight is 386 g/mol. The molecule has 0 radical (unpaired) electrons. The molecule has 1 aromatic carbocycles. The highest BCUT2D eigenvalue weighted by atomic mass is 32.2. The number of furan rings is 1. The molecule has 27 heavy (non-hydrogen) atoms. The Morgan fingerprint density at radius 3 is 2.96 bits per heavy atom. The topological polar surface area (TPSA) is 91.4 Å². The molecule has 0 aliphatic carbocycles. The number of ether oxygens (including phenoxy) is 2. The number of rotatable bonds is 6. The Morgan fingerprint density at radius 1 is 1.30 bits per heavy atom. The number of nitrogens with one attached hydrogen (secondary N) is 1. The number of carbonyl (C=O) groups excluding carboxylic acids is 1. The minimum Gasteiger partial charge on any atom is -0.461 e. The van der Waals surface area contributed by atoms with Crippen LogP contribution in [0.3, 0.4) is 0 Å². The van der Waals surface area contributed by atoms with Crippen LogP contribution < -0.4 is 14.8 Å². The summed E-state index contributed by atoms with van der Waals surface area (Å²) in [6.07, 6.45) is 1.59. The van der Waals surface area contributed by atoms with Crippen LogP contribution in [-0.4, -0.2) is 32.7 Å². The number of thioether (sulfide) groups is 1. The molecule has 1 atom stereocenters. The van der Waals surface area contributed by atoms with Gasteiger partial charge >= 0.3 is 0 Å². The zero-order valence-electron chi connectivity index (χ0n) is 14.8. The lowest BCUT2D eigenvalue weighted by Gasteiger charge is -2.12. The first-order valence-corrected chi connectivity index (χ1v) is 9.26. The average Bonchev–Trinajstić information content (AvgIpc) is 3.41. The minimum absolute atomic E-state index is 0.0831. The first kappa shape index (κ1) is 17.5. The number of fused-ring (bicyclic) bond motifs is 1. The summed E-state index contributed by atoms with van der Waals surface area (Å²) in [5.74, 6) is 2.60. The summed E-state index contributed by atoms with van der Waals surface area (Å²) in [5.41, 5.74) is 0.948. The van der Waals surface area contributed by atoms with Crippen molar-refractivity contribution in [3.05, 3.63) is 42.2 Å². The molecule has 3 heterocycles. The van der Waals surface area contributed by atoms with Crippen LogP contribution in [0.4, 0.5) is 0 Å². The molecule has 1 aliphatic heterocycles. The fourth-order valence-corrected chi connectivity index (χ4v) is 3.47. The lowest BCUT2D eigenvalue weighted by molar-refractivity contribution is -0.120. The summed E-state index contributed by atoms with van der Waals surface area (Å²) in [4.78, 5) is 12.4. The summed E-state index contributed by atoms with van der Waals surface area (Å²) in [6, 6.07) is 9.24. The second-order valence-electron chi connectivity index (χ2n) is 6.01. The van der Waals surface area contributed by atoms with Crippen molar-refractivity contribution in [2.45, 2.75) is 23.9 Å². The van der Waals surface area contributed by atoms with E-state index in [0.29, 0.717) is 29.0 Å². The third-order valence-electron chi connectivity index (χ3n) is 4.13. The van der Waals surface area contributed by atoms with E-state index in [2.05, 4.69) is 15.5 Å². The highest BCUT2D eigenvalue weighted by Gasteiger charge is 2.20. The summed E-state index contributed by atoms with van der Waals surface area (Å²) >= 11 is 1.34. The molecule has 1 N–H and O–H groups in total. The van der Waals surface area contributed by atoms with Gasteiger partial charge in [0.15, 0.2) is 28.2 Å². The Kier molecular flexibility index (Phi) is 4.76. The van der Waals surface area contributed by atoms with E-state index >= 15 is 0 Å². The van der Waals surface area contributed by atoms with Crippen LogP contribution >= 0.6 is 11.8 Å². The maximum atomic E-state index is 12.4. The van der Waals surface area contributed by atoms with E-state index in [9.17, 15) is 4.79 Å². The smallest absolute Gasteiger partial charge is 0.233 e. The fourth-order valence-electron chi connectivity index (χ4n) is 2.63. The first-order chi connectivity index (χ1) is 13.1. The third-order valence-corrected chi connectivity index (χ3v) is 5.27. The summed E-state index contributed by atoms with van der Waals surface area (Å²) in [7, 11) is 1.84. The van der Waals surface area contributed by atoms with Gasteiger partial charge in [0.1, 0.15) is 0 Å². The number of hydrogen-bond acceptors (Lipinski definition) is 7. The fraction of sp³-hybridized carbons (Fsp3) is 0.278. The van der Waals surface area contributed by atoms with Gasteiger partial charge in [0.2, 0.25) is 12.7 Å². The Bertz CT molecular complexity index is 954. The number of carbonyl (C=O) groups is 1. The van der Waals surface area contributed by atoms with Gasteiger partial charge in [-0.25, -0.2) is 0 Å². The number of amides is 1. The van der Waals surface area contributed by atoms with E-state index in [1.54, 1.807) is 12.3 Å². The maximum absolute atomic E-state index is 12.4. The summed E-state index contributed by atoms with van der Waals surface area (Å²) < 4.78 is 17.8. The van der Waals surface area contributed by atoms with E-state index in [1.807, 2.05) is 42.8 Å². The standard InChI is InChI=1S/C18H18N4O4S/c1-11(27-18-21-20-16(22(18)2)14-4-3-7-24-14)17(23)19-9-12-5-6-13-15(8-12)26-10-25-13/h3-8,11H,9-10H2,1-2H3,(H,19,23)/t11-/m0/s1. The largest absolute Gasteiger partial charge is 0.461 e. The van der Waals surface area contributed by atoms with Crippen molar-refractivity contribution < 1.29 is 18.7 Å². The van der Waals surface area contributed by atoms with Gasteiger partial charge in [-0.15, -0.1) is 10.2 Å². The van der Waals surface area contributed by atoms with Crippen molar-refractivity contribution >= 4 is 17.7 Å². The van der Waals surface area contributed by atoms with Crippen molar-refractivity contribution in [1.29, 1.82) is 0 Å². The van der Waals surface area contributed by atoms with Crippen LogP contribution in [0.2, 0.25) is 0 Å². The zero-order chi connectivity index (χ0) is 18.8. The van der Waals surface area contributed by atoms with Crippen molar-refractivity contribution in [3.63, 3.8) is 0 Å². The Morgan fingerprint density at radius 2 is 2.15 bits per heavy atom. The molecule has 0 unspecified atom stereocenters. The van der Waals surface area contributed by atoms with Gasteiger partial charge in [-0.2, -0.15) is 0 Å². The second-order valence-corrected chi connectivity index (χ2v) is 7.32. The molecule has 140 valence electrons. The number of aromatic nitrogens is 3. The molecule has 2 aromatic heterocycles. The monoisotopic (exact) mass is 386 g/mol. The molecule has 1 amide bonds. The maximum Gasteiger partial charge on any atom is 0.233 e. The van der Waals surface area contributed by atoms with Gasteiger partial charge in [-0.1, -0.05) is 17.8 Å². The molecule has 0 saturated heterocycles. The molecule has 0 fully saturated rings.